The summed E-state index contributed by atoms with van der Waals surface area (Å²) in [5.41, 5.74) is 4.08. The molecule has 0 radical (unpaired) electrons. The van der Waals surface area contributed by atoms with E-state index in [0.29, 0.717) is 0 Å². The Balaban J connectivity index is 2.13. The van der Waals surface area contributed by atoms with Crippen LogP contribution in [0.4, 0.5) is 5.69 Å². The third-order valence-electron chi connectivity index (χ3n) is 3.48. The number of aryl methyl sites for hydroxylation is 1. The van der Waals surface area contributed by atoms with Crippen LogP contribution in [0.25, 0.3) is 0 Å². The summed E-state index contributed by atoms with van der Waals surface area (Å²) in [6.07, 6.45) is 2.64. The number of methoxy groups -OCH3 is 1. The monoisotopic (exact) mass is 248 g/mol. The first-order valence-corrected chi connectivity index (χ1v) is 6.76. The lowest BCUT2D eigenvalue weighted by Gasteiger charge is -2.26. The quantitative estimate of drug-likeness (QED) is 0.801. The van der Waals surface area contributed by atoms with Crippen molar-refractivity contribution in [3.63, 3.8) is 0 Å². The van der Waals surface area contributed by atoms with E-state index in [9.17, 15) is 0 Å². The maximum absolute atomic E-state index is 5.22. The van der Waals surface area contributed by atoms with E-state index in [-0.39, 0.29) is 0 Å². The molecule has 2 rings (SSSR count). The minimum atomic E-state index is 0.731. The van der Waals surface area contributed by atoms with E-state index < -0.39 is 0 Å². The number of anilines is 1. The highest BCUT2D eigenvalue weighted by molar-refractivity contribution is 5.56. The average molecular weight is 248 g/mol. The van der Waals surface area contributed by atoms with E-state index in [1.807, 2.05) is 7.05 Å². The van der Waals surface area contributed by atoms with Crippen molar-refractivity contribution in [3.05, 3.63) is 29.3 Å². The first-order chi connectivity index (χ1) is 8.76. The molecule has 3 heteroatoms. The molecule has 0 amide bonds. The highest BCUT2D eigenvalue weighted by Crippen LogP contribution is 2.33. The van der Waals surface area contributed by atoms with E-state index in [0.717, 1.165) is 25.7 Å². The van der Waals surface area contributed by atoms with E-state index in [2.05, 4.69) is 35.3 Å². The number of ether oxygens (including phenoxy) is 1. The number of hydrogen-bond acceptors (Lipinski definition) is 3. The lowest BCUT2D eigenvalue weighted by atomic mass is 10.1. The second-order valence-corrected chi connectivity index (χ2v) is 5.07. The molecule has 100 valence electrons. The van der Waals surface area contributed by atoms with Crippen LogP contribution >= 0.6 is 0 Å². The molecule has 0 heterocycles. The van der Waals surface area contributed by atoms with Crippen LogP contribution in [-0.4, -0.2) is 33.4 Å². The molecule has 18 heavy (non-hydrogen) atoms. The molecule has 1 saturated carbocycles. The standard InChI is InChI=1S/C15H24N2O/c1-12-10-13(11-16-2)4-7-15(12)17(8-9-18-3)14-5-6-14/h4,7,10,14,16H,5-6,8-9,11H2,1-3H3. The number of benzene rings is 1. The van der Waals surface area contributed by atoms with Gasteiger partial charge in [-0.25, -0.2) is 0 Å². The molecule has 1 fully saturated rings. The topological polar surface area (TPSA) is 24.5 Å². The number of nitrogens with one attached hydrogen (secondary N) is 1. The molecule has 1 aliphatic carbocycles. The number of nitrogens with zero attached hydrogens (tertiary/aromatic N) is 1. The Morgan fingerprint density at radius 1 is 1.39 bits per heavy atom. The Hall–Kier alpha value is -1.06. The van der Waals surface area contributed by atoms with Gasteiger partial charge in [0.05, 0.1) is 6.61 Å². The van der Waals surface area contributed by atoms with Gasteiger partial charge in [0.2, 0.25) is 0 Å². The van der Waals surface area contributed by atoms with Crippen LogP contribution in [-0.2, 0) is 11.3 Å². The largest absolute Gasteiger partial charge is 0.383 e. The second-order valence-electron chi connectivity index (χ2n) is 5.07. The molecule has 0 unspecified atom stereocenters. The zero-order valence-electron chi connectivity index (χ0n) is 11.7. The molecule has 1 aliphatic rings. The van der Waals surface area contributed by atoms with Crippen LogP contribution < -0.4 is 10.2 Å². The van der Waals surface area contributed by atoms with Crippen LogP contribution in [0.2, 0.25) is 0 Å². The van der Waals surface area contributed by atoms with Gasteiger partial charge >= 0.3 is 0 Å². The minimum Gasteiger partial charge on any atom is -0.383 e. The first kappa shape index (κ1) is 13.4. The maximum atomic E-state index is 5.22. The van der Waals surface area contributed by atoms with Gasteiger partial charge in [0.25, 0.3) is 0 Å². The van der Waals surface area contributed by atoms with Crippen LogP contribution in [0.3, 0.4) is 0 Å². The van der Waals surface area contributed by atoms with Crippen molar-refractivity contribution in [2.45, 2.75) is 32.4 Å². The van der Waals surface area contributed by atoms with Crippen molar-refractivity contribution in [2.24, 2.45) is 0 Å². The van der Waals surface area contributed by atoms with Crippen LogP contribution in [0.5, 0.6) is 0 Å². The van der Waals surface area contributed by atoms with Crippen molar-refractivity contribution in [2.75, 3.05) is 32.2 Å². The highest BCUT2D eigenvalue weighted by atomic mass is 16.5. The van der Waals surface area contributed by atoms with Gasteiger partial charge < -0.3 is 15.0 Å². The van der Waals surface area contributed by atoms with Crippen molar-refractivity contribution in [1.82, 2.24) is 5.32 Å². The van der Waals surface area contributed by atoms with Gasteiger partial charge in [-0.05, 0) is 44.0 Å². The molecule has 0 aromatic heterocycles. The van der Waals surface area contributed by atoms with Gasteiger partial charge in [-0.2, -0.15) is 0 Å². The first-order valence-electron chi connectivity index (χ1n) is 6.76. The summed E-state index contributed by atoms with van der Waals surface area (Å²) in [7, 11) is 3.76. The average Bonchev–Trinajstić information content (AvgIpc) is 3.17. The summed E-state index contributed by atoms with van der Waals surface area (Å²) >= 11 is 0. The van der Waals surface area contributed by atoms with Crippen molar-refractivity contribution in [1.29, 1.82) is 0 Å². The number of hydrogen-bond donors (Lipinski definition) is 1. The zero-order valence-corrected chi connectivity index (χ0v) is 11.7. The Morgan fingerprint density at radius 2 is 2.17 bits per heavy atom. The van der Waals surface area contributed by atoms with Gasteiger partial charge in [0, 0.05) is 31.9 Å². The van der Waals surface area contributed by atoms with Gasteiger partial charge in [0.1, 0.15) is 0 Å². The summed E-state index contributed by atoms with van der Waals surface area (Å²) in [4.78, 5) is 2.50. The molecule has 1 aromatic rings. The fraction of sp³-hybridized carbons (Fsp3) is 0.600. The molecular formula is C15H24N2O. The summed E-state index contributed by atoms with van der Waals surface area (Å²) in [5, 5.41) is 3.20. The van der Waals surface area contributed by atoms with Gasteiger partial charge in [-0.15, -0.1) is 0 Å². The Bertz CT molecular complexity index is 388. The molecular weight excluding hydrogens is 224 g/mol. The summed E-state index contributed by atoms with van der Waals surface area (Å²) in [6, 6.07) is 7.50. The van der Waals surface area contributed by atoms with Crippen molar-refractivity contribution < 1.29 is 4.74 Å². The normalized spacial score (nSPS) is 14.8. The molecule has 3 nitrogen and oxygen atoms in total. The second kappa shape index (κ2) is 6.21. The Morgan fingerprint density at radius 3 is 2.72 bits per heavy atom. The smallest absolute Gasteiger partial charge is 0.0637 e. The predicted molar refractivity (Wildman–Crippen MR) is 76.2 cm³/mol. The highest BCUT2D eigenvalue weighted by Gasteiger charge is 2.29. The summed E-state index contributed by atoms with van der Waals surface area (Å²) in [5.74, 6) is 0. The lowest BCUT2D eigenvalue weighted by molar-refractivity contribution is 0.205. The molecule has 1 N–H and O–H groups in total. The van der Waals surface area contributed by atoms with Crippen molar-refractivity contribution in [3.8, 4) is 0 Å². The van der Waals surface area contributed by atoms with E-state index in [1.165, 1.54) is 29.7 Å². The maximum Gasteiger partial charge on any atom is 0.0637 e. The van der Waals surface area contributed by atoms with Crippen LogP contribution in [0, 0.1) is 6.92 Å². The van der Waals surface area contributed by atoms with Gasteiger partial charge in [-0.3, -0.25) is 0 Å². The number of rotatable bonds is 7. The third kappa shape index (κ3) is 3.24. The summed E-state index contributed by atoms with van der Waals surface area (Å²) < 4.78 is 5.22. The minimum absolute atomic E-state index is 0.731. The molecule has 0 bridgehead atoms. The van der Waals surface area contributed by atoms with Crippen LogP contribution in [0.1, 0.15) is 24.0 Å². The van der Waals surface area contributed by atoms with E-state index in [1.54, 1.807) is 7.11 Å². The Kier molecular flexibility index (Phi) is 4.61. The zero-order chi connectivity index (χ0) is 13.0. The summed E-state index contributed by atoms with van der Waals surface area (Å²) in [6.45, 7) is 4.93. The molecule has 0 saturated heterocycles. The fourth-order valence-corrected chi connectivity index (χ4v) is 2.43. The molecule has 0 spiro atoms. The molecule has 0 atom stereocenters. The third-order valence-corrected chi connectivity index (χ3v) is 3.48. The predicted octanol–water partition coefficient (Wildman–Crippen LogP) is 2.33. The van der Waals surface area contributed by atoms with Crippen molar-refractivity contribution >= 4 is 5.69 Å². The van der Waals surface area contributed by atoms with E-state index in [4.69, 9.17) is 4.74 Å². The molecule has 1 aromatic carbocycles. The lowest BCUT2D eigenvalue weighted by Crippen LogP contribution is -2.30. The molecule has 0 aliphatic heterocycles. The van der Waals surface area contributed by atoms with Gasteiger partial charge in [-0.1, -0.05) is 12.1 Å². The van der Waals surface area contributed by atoms with E-state index >= 15 is 0 Å². The van der Waals surface area contributed by atoms with Crippen LogP contribution in [0.15, 0.2) is 18.2 Å². The fourth-order valence-electron chi connectivity index (χ4n) is 2.43. The Labute approximate surface area is 110 Å². The van der Waals surface area contributed by atoms with Gasteiger partial charge in [0.15, 0.2) is 0 Å². The SMILES string of the molecule is CNCc1ccc(N(CCOC)C2CC2)c(C)c1.